The van der Waals surface area contributed by atoms with Crippen molar-refractivity contribution in [3.63, 3.8) is 0 Å². The van der Waals surface area contributed by atoms with E-state index in [2.05, 4.69) is 44.2 Å². The molecular weight excluding hydrogens is 284 g/mol. The van der Waals surface area contributed by atoms with Gasteiger partial charge in [-0.05, 0) is 47.2 Å². The van der Waals surface area contributed by atoms with E-state index in [1.54, 1.807) is 0 Å². The van der Waals surface area contributed by atoms with Gasteiger partial charge in [0, 0.05) is 29.0 Å². The summed E-state index contributed by atoms with van der Waals surface area (Å²) in [7, 11) is 0. The van der Waals surface area contributed by atoms with Crippen molar-refractivity contribution < 1.29 is 0 Å². The highest BCUT2D eigenvalue weighted by molar-refractivity contribution is 9.10. The van der Waals surface area contributed by atoms with Gasteiger partial charge < -0.3 is 4.90 Å². The summed E-state index contributed by atoms with van der Waals surface area (Å²) in [5, 5.41) is 0.757. The van der Waals surface area contributed by atoms with Crippen LogP contribution in [0, 0.1) is 0 Å². The molecule has 0 N–H and O–H groups in total. The second kappa shape index (κ2) is 5.92. The zero-order valence-electron chi connectivity index (χ0n) is 9.53. The normalized spacial score (nSPS) is 21.9. The highest BCUT2D eigenvalue weighted by Crippen LogP contribution is 2.24. The van der Waals surface area contributed by atoms with Gasteiger partial charge in [0.25, 0.3) is 0 Å². The van der Waals surface area contributed by atoms with Crippen molar-refractivity contribution >= 4 is 33.5 Å². The number of pyridine rings is 1. The molecule has 1 atom stereocenters. The van der Waals surface area contributed by atoms with Crippen molar-refractivity contribution in [1.82, 2.24) is 4.98 Å². The molecule has 1 unspecified atom stereocenters. The number of aromatic nitrogens is 1. The van der Waals surface area contributed by atoms with Crippen molar-refractivity contribution in [2.24, 2.45) is 0 Å². The lowest BCUT2D eigenvalue weighted by molar-refractivity contribution is 0.736. The van der Waals surface area contributed by atoms with Gasteiger partial charge in [-0.15, -0.1) is 0 Å². The Morgan fingerprint density at radius 3 is 3.00 bits per heavy atom. The van der Waals surface area contributed by atoms with E-state index in [1.165, 1.54) is 19.3 Å². The highest BCUT2D eigenvalue weighted by Gasteiger charge is 2.18. The third-order valence-electron chi connectivity index (χ3n) is 3.00. The third kappa shape index (κ3) is 3.14. The molecule has 2 rings (SSSR count). The van der Waals surface area contributed by atoms with E-state index in [0.29, 0.717) is 0 Å². The molecule has 0 amide bonds. The Morgan fingerprint density at radius 1 is 1.44 bits per heavy atom. The van der Waals surface area contributed by atoms with Gasteiger partial charge in [0.1, 0.15) is 5.82 Å². The Balaban J connectivity index is 2.09. The Bertz CT molecular complexity index is 328. The molecule has 0 aliphatic carbocycles. The average Bonchev–Trinajstić information content (AvgIpc) is 2.55. The van der Waals surface area contributed by atoms with Crippen LogP contribution < -0.4 is 4.90 Å². The first-order valence-corrected chi connectivity index (χ1v) is 7.77. The first kappa shape index (κ1) is 12.2. The van der Waals surface area contributed by atoms with Crippen LogP contribution in [0.4, 0.5) is 5.82 Å². The minimum atomic E-state index is 0.757. The molecule has 1 aliphatic heterocycles. The summed E-state index contributed by atoms with van der Waals surface area (Å²) in [6.45, 7) is 2.28. The van der Waals surface area contributed by atoms with E-state index in [-0.39, 0.29) is 0 Å². The maximum absolute atomic E-state index is 4.48. The zero-order valence-corrected chi connectivity index (χ0v) is 11.9. The molecule has 0 spiro atoms. The molecule has 2 nitrogen and oxygen atoms in total. The molecular formula is C12H17BrN2S. The summed E-state index contributed by atoms with van der Waals surface area (Å²) in [5.41, 5.74) is 0. The lowest BCUT2D eigenvalue weighted by atomic mass is 10.2. The van der Waals surface area contributed by atoms with Gasteiger partial charge in [-0.1, -0.05) is 6.42 Å². The van der Waals surface area contributed by atoms with Crippen molar-refractivity contribution in [3.8, 4) is 0 Å². The minimum absolute atomic E-state index is 0.757. The Hall–Kier alpha value is -0.220. The van der Waals surface area contributed by atoms with Crippen molar-refractivity contribution in [1.29, 1.82) is 0 Å². The van der Waals surface area contributed by atoms with E-state index < -0.39 is 0 Å². The van der Waals surface area contributed by atoms with Gasteiger partial charge in [-0.3, -0.25) is 0 Å². The molecule has 16 heavy (non-hydrogen) atoms. The molecule has 1 aliphatic rings. The molecule has 1 aromatic rings. The van der Waals surface area contributed by atoms with Crippen molar-refractivity contribution in [3.05, 3.63) is 22.8 Å². The van der Waals surface area contributed by atoms with Gasteiger partial charge in [0.15, 0.2) is 0 Å². The third-order valence-corrected chi connectivity index (χ3v) is 4.52. The van der Waals surface area contributed by atoms with Crippen LogP contribution in [-0.4, -0.2) is 29.6 Å². The molecule has 0 bridgehead atoms. The minimum Gasteiger partial charge on any atom is -0.356 e. The van der Waals surface area contributed by atoms with Gasteiger partial charge >= 0.3 is 0 Å². The van der Waals surface area contributed by atoms with Crippen molar-refractivity contribution in [2.45, 2.75) is 24.5 Å². The summed E-state index contributed by atoms with van der Waals surface area (Å²) < 4.78 is 1.05. The zero-order chi connectivity index (χ0) is 11.4. The molecule has 4 heteroatoms. The molecule has 1 aromatic heterocycles. The van der Waals surface area contributed by atoms with E-state index >= 15 is 0 Å². The smallest absolute Gasteiger partial charge is 0.128 e. The fraction of sp³-hybridized carbons (Fsp3) is 0.583. The van der Waals surface area contributed by atoms with Gasteiger partial charge in [0.05, 0.1) is 0 Å². The first-order chi connectivity index (χ1) is 7.79. The van der Waals surface area contributed by atoms with Crippen LogP contribution in [0.2, 0.25) is 0 Å². The molecule has 2 heterocycles. The van der Waals surface area contributed by atoms with Crippen LogP contribution in [0.5, 0.6) is 0 Å². The summed E-state index contributed by atoms with van der Waals surface area (Å²) in [6.07, 6.45) is 8.07. The van der Waals surface area contributed by atoms with Gasteiger partial charge in [-0.2, -0.15) is 11.8 Å². The van der Waals surface area contributed by atoms with Gasteiger partial charge in [0.2, 0.25) is 0 Å². The summed E-state index contributed by atoms with van der Waals surface area (Å²) >= 11 is 5.41. The second-order valence-electron chi connectivity index (χ2n) is 4.13. The van der Waals surface area contributed by atoms with E-state index in [1.807, 2.05) is 18.0 Å². The number of hydrogen-bond donors (Lipinski definition) is 0. The first-order valence-electron chi connectivity index (χ1n) is 5.69. The summed E-state index contributed by atoms with van der Waals surface area (Å²) in [6, 6.07) is 4.17. The number of hydrogen-bond acceptors (Lipinski definition) is 3. The number of nitrogens with zero attached hydrogens (tertiary/aromatic N) is 2. The maximum Gasteiger partial charge on any atom is 0.128 e. The fourth-order valence-corrected chi connectivity index (χ4v) is 3.02. The van der Waals surface area contributed by atoms with E-state index in [4.69, 9.17) is 0 Å². The summed E-state index contributed by atoms with van der Waals surface area (Å²) in [5.74, 6) is 1.11. The molecule has 88 valence electrons. The number of anilines is 1. The maximum atomic E-state index is 4.48. The summed E-state index contributed by atoms with van der Waals surface area (Å²) in [4.78, 5) is 6.90. The van der Waals surface area contributed by atoms with Crippen LogP contribution in [-0.2, 0) is 0 Å². The van der Waals surface area contributed by atoms with Crippen molar-refractivity contribution in [2.75, 3.05) is 24.2 Å². The standard InChI is InChI=1S/C12H17BrN2S/c1-16-11-4-2-3-7-15(9-11)12-6-5-10(13)8-14-12/h5-6,8,11H,2-4,7,9H2,1H3. The van der Waals surface area contributed by atoms with Crippen LogP contribution in [0.1, 0.15) is 19.3 Å². The average molecular weight is 301 g/mol. The van der Waals surface area contributed by atoms with Crippen LogP contribution in [0.15, 0.2) is 22.8 Å². The van der Waals surface area contributed by atoms with Crippen LogP contribution in [0.3, 0.4) is 0 Å². The highest BCUT2D eigenvalue weighted by atomic mass is 79.9. The monoisotopic (exact) mass is 300 g/mol. The van der Waals surface area contributed by atoms with Crippen LogP contribution in [0.25, 0.3) is 0 Å². The predicted octanol–water partition coefficient (Wildman–Crippen LogP) is 3.57. The SMILES string of the molecule is CSC1CCCCN(c2ccc(Br)cn2)C1. The Kier molecular flexibility index (Phi) is 4.53. The van der Waals surface area contributed by atoms with E-state index in [0.717, 1.165) is 28.6 Å². The largest absolute Gasteiger partial charge is 0.356 e. The lowest BCUT2D eigenvalue weighted by Gasteiger charge is -2.24. The Morgan fingerprint density at radius 2 is 2.31 bits per heavy atom. The topological polar surface area (TPSA) is 16.1 Å². The molecule has 0 saturated carbocycles. The lowest BCUT2D eigenvalue weighted by Crippen LogP contribution is -2.30. The number of halogens is 1. The quantitative estimate of drug-likeness (QED) is 0.831. The predicted molar refractivity (Wildman–Crippen MR) is 75.3 cm³/mol. The molecule has 0 aromatic carbocycles. The molecule has 0 radical (unpaired) electrons. The van der Waals surface area contributed by atoms with Gasteiger partial charge in [-0.25, -0.2) is 4.98 Å². The molecule has 1 saturated heterocycles. The number of rotatable bonds is 2. The molecule has 1 fully saturated rings. The Labute approximate surface area is 110 Å². The van der Waals surface area contributed by atoms with Crippen LogP contribution >= 0.6 is 27.7 Å². The van der Waals surface area contributed by atoms with E-state index in [9.17, 15) is 0 Å². The number of thioether (sulfide) groups is 1. The fourth-order valence-electron chi connectivity index (χ4n) is 2.06. The second-order valence-corrected chi connectivity index (χ2v) is 6.19.